The molecule has 0 spiro atoms. The second-order valence-electron chi connectivity index (χ2n) is 5.64. The van der Waals surface area contributed by atoms with E-state index in [0.29, 0.717) is 5.41 Å². The summed E-state index contributed by atoms with van der Waals surface area (Å²) in [4.78, 5) is 0. The average molecular weight is 213 g/mol. The molecule has 0 heterocycles. The van der Waals surface area contributed by atoms with Gasteiger partial charge in [-0.3, -0.25) is 0 Å². The van der Waals surface area contributed by atoms with Crippen LogP contribution in [-0.2, 0) is 4.74 Å². The van der Waals surface area contributed by atoms with Gasteiger partial charge in [0.25, 0.3) is 0 Å². The van der Waals surface area contributed by atoms with Crippen LogP contribution in [0.2, 0.25) is 0 Å². The van der Waals surface area contributed by atoms with Crippen molar-refractivity contribution in [3.63, 3.8) is 0 Å². The molecule has 2 heteroatoms. The van der Waals surface area contributed by atoms with Crippen LogP contribution in [0.25, 0.3) is 0 Å². The summed E-state index contributed by atoms with van der Waals surface area (Å²) in [5, 5.41) is 3.58. The van der Waals surface area contributed by atoms with Crippen molar-refractivity contribution in [3.05, 3.63) is 0 Å². The zero-order chi connectivity index (χ0) is 11.4. The zero-order valence-electron chi connectivity index (χ0n) is 10.9. The molecular weight excluding hydrogens is 186 g/mol. The van der Waals surface area contributed by atoms with Crippen molar-refractivity contribution in [2.75, 3.05) is 20.2 Å². The van der Waals surface area contributed by atoms with Crippen molar-refractivity contribution in [2.24, 2.45) is 5.41 Å². The lowest BCUT2D eigenvalue weighted by atomic mass is 10.0. The highest BCUT2D eigenvalue weighted by Crippen LogP contribution is 2.48. The molecule has 0 aliphatic heterocycles. The van der Waals surface area contributed by atoms with E-state index in [4.69, 9.17) is 4.74 Å². The third-order valence-electron chi connectivity index (χ3n) is 3.69. The van der Waals surface area contributed by atoms with Gasteiger partial charge in [-0.2, -0.15) is 0 Å². The van der Waals surface area contributed by atoms with Gasteiger partial charge in [-0.25, -0.2) is 0 Å². The summed E-state index contributed by atoms with van der Waals surface area (Å²) in [5.74, 6) is 0. The molecule has 1 aliphatic carbocycles. The van der Waals surface area contributed by atoms with Crippen molar-refractivity contribution < 1.29 is 4.74 Å². The number of ether oxygens (including phenoxy) is 1. The van der Waals surface area contributed by atoms with Crippen LogP contribution in [0.1, 0.15) is 52.9 Å². The minimum absolute atomic E-state index is 0.0223. The van der Waals surface area contributed by atoms with Crippen LogP contribution in [0.15, 0.2) is 0 Å². The van der Waals surface area contributed by atoms with E-state index in [9.17, 15) is 0 Å². The Hall–Kier alpha value is -0.0800. The van der Waals surface area contributed by atoms with Crippen molar-refractivity contribution in [1.29, 1.82) is 0 Å². The van der Waals surface area contributed by atoms with Crippen LogP contribution in [0.3, 0.4) is 0 Å². The summed E-state index contributed by atoms with van der Waals surface area (Å²) in [6.45, 7) is 8.86. The highest BCUT2D eigenvalue weighted by Gasteiger charge is 2.40. The Morgan fingerprint density at radius 2 is 2.00 bits per heavy atom. The standard InChI is InChI=1S/C13H27NO/c1-5-6-13(7-8-13)11-14-10-9-12(2,3)15-4/h14H,5-11H2,1-4H3. The highest BCUT2D eigenvalue weighted by molar-refractivity contribution is 4.94. The van der Waals surface area contributed by atoms with E-state index in [2.05, 4.69) is 26.1 Å². The topological polar surface area (TPSA) is 21.3 Å². The molecule has 0 atom stereocenters. The Kier molecular flexibility index (Phi) is 4.60. The van der Waals surface area contributed by atoms with Gasteiger partial charge in [0.2, 0.25) is 0 Å². The molecule has 0 aromatic heterocycles. The molecule has 1 N–H and O–H groups in total. The van der Waals surface area contributed by atoms with Gasteiger partial charge in [0.1, 0.15) is 0 Å². The third kappa shape index (κ3) is 4.52. The fourth-order valence-electron chi connectivity index (χ4n) is 2.07. The summed E-state index contributed by atoms with van der Waals surface area (Å²) >= 11 is 0. The number of hydrogen-bond acceptors (Lipinski definition) is 2. The molecule has 90 valence electrons. The van der Waals surface area contributed by atoms with E-state index in [1.165, 1.54) is 32.2 Å². The molecule has 15 heavy (non-hydrogen) atoms. The molecule has 0 saturated heterocycles. The van der Waals surface area contributed by atoms with Gasteiger partial charge in [-0.15, -0.1) is 0 Å². The SMILES string of the molecule is CCCC1(CNCCC(C)(C)OC)CC1. The molecule has 0 bridgehead atoms. The number of methoxy groups -OCH3 is 1. The molecule has 1 rings (SSSR count). The van der Waals surface area contributed by atoms with Gasteiger partial charge in [0, 0.05) is 13.7 Å². The van der Waals surface area contributed by atoms with Crippen LogP contribution in [0.5, 0.6) is 0 Å². The van der Waals surface area contributed by atoms with E-state index < -0.39 is 0 Å². The maximum atomic E-state index is 5.39. The van der Waals surface area contributed by atoms with Gasteiger partial charge in [-0.1, -0.05) is 13.3 Å². The van der Waals surface area contributed by atoms with E-state index in [1.54, 1.807) is 7.11 Å². The predicted molar refractivity (Wildman–Crippen MR) is 65.1 cm³/mol. The van der Waals surface area contributed by atoms with Crippen LogP contribution in [0, 0.1) is 5.41 Å². The minimum atomic E-state index is 0.0223. The molecule has 0 aromatic rings. The fraction of sp³-hybridized carbons (Fsp3) is 1.00. The molecular formula is C13H27NO. The van der Waals surface area contributed by atoms with Gasteiger partial charge in [0.05, 0.1) is 5.60 Å². The van der Waals surface area contributed by atoms with Crippen molar-refractivity contribution >= 4 is 0 Å². The number of hydrogen-bond donors (Lipinski definition) is 1. The van der Waals surface area contributed by atoms with Crippen LogP contribution in [-0.4, -0.2) is 25.8 Å². The molecule has 1 fully saturated rings. The predicted octanol–water partition coefficient (Wildman–Crippen LogP) is 2.97. The largest absolute Gasteiger partial charge is 0.379 e. The van der Waals surface area contributed by atoms with Crippen molar-refractivity contribution in [2.45, 2.75) is 58.5 Å². The Labute approximate surface area is 94.8 Å². The summed E-state index contributed by atoms with van der Waals surface area (Å²) in [6.07, 6.45) is 6.67. The molecule has 1 aliphatic rings. The molecule has 2 nitrogen and oxygen atoms in total. The molecule has 0 radical (unpaired) electrons. The first kappa shape index (κ1) is 13.0. The van der Waals surface area contributed by atoms with E-state index in [-0.39, 0.29) is 5.60 Å². The van der Waals surface area contributed by atoms with Gasteiger partial charge in [0.15, 0.2) is 0 Å². The summed E-state index contributed by atoms with van der Waals surface area (Å²) in [6, 6.07) is 0. The van der Waals surface area contributed by atoms with E-state index >= 15 is 0 Å². The van der Waals surface area contributed by atoms with Gasteiger partial charge < -0.3 is 10.1 Å². The Morgan fingerprint density at radius 3 is 2.47 bits per heavy atom. The zero-order valence-corrected chi connectivity index (χ0v) is 10.9. The molecule has 0 unspecified atom stereocenters. The second kappa shape index (κ2) is 5.31. The molecule has 0 amide bonds. The van der Waals surface area contributed by atoms with Gasteiger partial charge in [-0.05, 0) is 51.5 Å². The van der Waals surface area contributed by atoms with Crippen LogP contribution < -0.4 is 5.32 Å². The fourth-order valence-corrected chi connectivity index (χ4v) is 2.07. The first-order valence-corrected chi connectivity index (χ1v) is 6.29. The quantitative estimate of drug-likeness (QED) is 0.626. The Bertz CT molecular complexity index is 185. The van der Waals surface area contributed by atoms with Crippen molar-refractivity contribution in [1.82, 2.24) is 5.32 Å². The van der Waals surface area contributed by atoms with Crippen LogP contribution >= 0.6 is 0 Å². The van der Waals surface area contributed by atoms with E-state index in [0.717, 1.165) is 13.0 Å². The Morgan fingerprint density at radius 1 is 1.33 bits per heavy atom. The first-order valence-electron chi connectivity index (χ1n) is 6.29. The van der Waals surface area contributed by atoms with Crippen LogP contribution in [0.4, 0.5) is 0 Å². The monoisotopic (exact) mass is 213 g/mol. The maximum absolute atomic E-state index is 5.39. The number of nitrogens with one attached hydrogen (secondary N) is 1. The number of rotatable bonds is 8. The first-order chi connectivity index (χ1) is 7.04. The molecule has 1 saturated carbocycles. The lowest BCUT2D eigenvalue weighted by molar-refractivity contribution is 0.0156. The normalized spacial score (nSPS) is 19.2. The summed E-state index contributed by atoms with van der Waals surface area (Å²) in [7, 11) is 1.79. The van der Waals surface area contributed by atoms with E-state index in [1.807, 2.05) is 0 Å². The smallest absolute Gasteiger partial charge is 0.0634 e. The minimum Gasteiger partial charge on any atom is -0.379 e. The van der Waals surface area contributed by atoms with Gasteiger partial charge >= 0.3 is 0 Å². The highest BCUT2D eigenvalue weighted by atomic mass is 16.5. The summed E-state index contributed by atoms with van der Waals surface area (Å²) < 4.78 is 5.39. The Balaban J connectivity index is 2.07. The average Bonchev–Trinajstić information content (AvgIpc) is 2.94. The lowest BCUT2D eigenvalue weighted by Crippen LogP contribution is -2.31. The lowest BCUT2D eigenvalue weighted by Gasteiger charge is -2.23. The maximum Gasteiger partial charge on any atom is 0.0634 e. The van der Waals surface area contributed by atoms with Crippen molar-refractivity contribution in [3.8, 4) is 0 Å². The third-order valence-corrected chi connectivity index (χ3v) is 3.69. The molecule has 0 aromatic carbocycles. The summed E-state index contributed by atoms with van der Waals surface area (Å²) in [5.41, 5.74) is 0.695. The second-order valence-corrected chi connectivity index (χ2v) is 5.64.